The van der Waals surface area contributed by atoms with Crippen molar-refractivity contribution >= 4 is 17.3 Å². The molecule has 2 rings (SSSR count). The van der Waals surface area contributed by atoms with Crippen LogP contribution in [0.15, 0.2) is 42.5 Å². The Morgan fingerprint density at radius 1 is 1.23 bits per heavy atom. The van der Waals surface area contributed by atoms with Crippen molar-refractivity contribution in [3.8, 4) is 5.75 Å². The summed E-state index contributed by atoms with van der Waals surface area (Å²) in [5.41, 5.74) is 1.59. The smallest absolute Gasteiger partial charge is 0.307 e. The molecule has 2 aromatic rings. The van der Waals surface area contributed by atoms with Crippen molar-refractivity contribution in [2.75, 3.05) is 5.32 Å². The van der Waals surface area contributed by atoms with Crippen molar-refractivity contribution in [2.24, 2.45) is 0 Å². The van der Waals surface area contributed by atoms with Crippen molar-refractivity contribution in [3.63, 3.8) is 0 Å². The topological polar surface area (TPSA) is 113 Å². The van der Waals surface area contributed by atoms with E-state index in [1.807, 2.05) is 0 Å². The molecule has 0 aliphatic rings. The number of benzene rings is 2. The monoisotopic (exact) mass is 302 g/mol. The number of phenols is 1. The summed E-state index contributed by atoms with van der Waals surface area (Å²) in [5, 5.41) is 32.2. The van der Waals surface area contributed by atoms with Crippen molar-refractivity contribution in [3.05, 3.63) is 63.7 Å². The number of aliphatic carboxylic acids is 1. The molecule has 22 heavy (non-hydrogen) atoms. The van der Waals surface area contributed by atoms with Crippen LogP contribution < -0.4 is 5.32 Å². The third kappa shape index (κ3) is 3.95. The third-order valence-corrected chi connectivity index (χ3v) is 3.04. The molecule has 0 aliphatic carbocycles. The number of carboxylic acids is 1. The van der Waals surface area contributed by atoms with Gasteiger partial charge in [-0.1, -0.05) is 12.1 Å². The SMILES string of the molecule is O=C(O)Cc1cccc(NCc2cc([N+](=O)[O-])ccc2O)c1. The number of carboxylic acid groups (broad SMARTS) is 1. The van der Waals surface area contributed by atoms with E-state index in [0.29, 0.717) is 16.8 Å². The lowest BCUT2D eigenvalue weighted by Gasteiger charge is -2.09. The van der Waals surface area contributed by atoms with Gasteiger partial charge in [0.05, 0.1) is 11.3 Å². The Labute approximate surface area is 126 Å². The number of nitro groups is 1. The fourth-order valence-corrected chi connectivity index (χ4v) is 1.99. The fraction of sp³-hybridized carbons (Fsp3) is 0.133. The summed E-state index contributed by atoms with van der Waals surface area (Å²) in [6.45, 7) is 0.185. The molecule has 2 aromatic carbocycles. The van der Waals surface area contributed by atoms with Crippen LogP contribution in [0.4, 0.5) is 11.4 Å². The average molecular weight is 302 g/mol. The van der Waals surface area contributed by atoms with Gasteiger partial charge in [0.1, 0.15) is 5.75 Å². The van der Waals surface area contributed by atoms with Crippen LogP contribution in [0.1, 0.15) is 11.1 Å². The minimum absolute atomic E-state index is 0.0419. The maximum absolute atomic E-state index is 10.7. The summed E-state index contributed by atoms with van der Waals surface area (Å²) in [6.07, 6.45) is -0.0857. The minimum atomic E-state index is -0.923. The van der Waals surface area contributed by atoms with E-state index < -0.39 is 10.9 Å². The molecule has 0 heterocycles. The van der Waals surface area contributed by atoms with Gasteiger partial charge in [-0.15, -0.1) is 0 Å². The fourth-order valence-electron chi connectivity index (χ4n) is 1.99. The lowest BCUT2D eigenvalue weighted by molar-refractivity contribution is -0.384. The molecule has 0 unspecified atom stereocenters. The summed E-state index contributed by atoms with van der Waals surface area (Å²) >= 11 is 0. The van der Waals surface area contributed by atoms with E-state index in [4.69, 9.17) is 5.11 Å². The maximum Gasteiger partial charge on any atom is 0.307 e. The second kappa shape index (κ2) is 6.57. The third-order valence-electron chi connectivity index (χ3n) is 3.04. The molecule has 7 heteroatoms. The maximum atomic E-state index is 10.7. The Morgan fingerprint density at radius 2 is 2.00 bits per heavy atom. The van der Waals surface area contributed by atoms with Gasteiger partial charge in [-0.05, 0) is 23.8 Å². The highest BCUT2D eigenvalue weighted by molar-refractivity contribution is 5.70. The summed E-state index contributed by atoms with van der Waals surface area (Å²) in [6, 6.07) is 10.6. The van der Waals surface area contributed by atoms with Crippen LogP contribution in [0.5, 0.6) is 5.75 Å². The first-order valence-corrected chi connectivity index (χ1v) is 6.46. The predicted octanol–water partition coefficient (Wildman–Crippen LogP) is 2.54. The molecule has 0 aliphatic heterocycles. The van der Waals surface area contributed by atoms with Gasteiger partial charge in [-0.2, -0.15) is 0 Å². The highest BCUT2D eigenvalue weighted by Crippen LogP contribution is 2.24. The number of rotatable bonds is 6. The van der Waals surface area contributed by atoms with Crippen LogP contribution >= 0.6 is 0 Å². The van der Waals surface area contributed by atoms with Gasteiger partial charge >= 0.3 is 5.97 Å². The molecule has 0 saturated carbocycles. The van der Waals surface area contributed by atoms with E-state index in [0.717, 1.165) is 0 Å². The van der Waals surface area contributed by atoms with Gasteiger partial charge in [0.2, 0.25) is 0 Å². The minimum Gasteiger partial charge on any atom is -0.508 e. The standard InChI is InChI=1S/C15H14N2O5/c18-14-5-4-13(17(21)22)8-11(14)9-16-12-3-1-2-10(6-12)7-15(19)20/h1-6,8,16,18H,7,9H2,(H,19,20). The number of nitro benzene ring substituents is 1. The van der Waals surface area contributed by atoms with E-state index >= 15 is 0 Å². The lowest BCUT2D eigenvalue weighted by Crippen LogP contribution is -2.03. The lowest BCUT2D eigenvalue weighted by atomic mass is 10.1. The zero-order valence-corrected chi connectivity index (χ0v) is 11.5. The summed E-state index contributed by atoms with van der Waals surface area (Å²) in [7, 11) is 0. The Hall–Kier alpha value is -3.09. The van der Waals surface area contributed by atoms with Crippen LogP contribution in [-0.2, 0) is 17.8 Å². The molecule has 114 valence electrons. The highest BCUT2D eigenvalue weighted by atomic mass is 16.6. The molecule has 0 atom stereocenters. The second-order valence-electron chi connectivity index (χ2n) is 4.69. The molecule has 0 radical (unpaired) electrons. The predicted molar refractivity (Wildman–Crippen MR) is 79.9 cm³/mol. The molecular formula is C15H14N2O5. The summed E-state index contributed by atoms with van der Waals surface area (Å²) in [5.74, 6) is -0.965. The molecule has 0 spiro atoms. The first kappa shape index (κ1) is 15.3. The molecule has 0 amide bonds. The van der Waals surface area contributed by atoms with E-state index in [-0.39, 0.29) is 24.4 Å². The number of hydrogen-bond acceptors (Lipinski definition) is 5. The molecule has 3 N–H and O–H groups in total. The molecule has 0 fully saturated rings. The number of nitrogens with zero attached hydrogens (tertiary/aromatic N) is 1. The number of anilines is 1. The van der Waals surface area contributed by atoms with Gasteiger partial charge in [0, 0.05) is 29.9 Å². The first-order valence-electron chi connectivity index (χ1n) is 6.46. The summed E-state index contributed by atoms with van der Waals surface area (Å²) in [4.78, 5) is 20.9. The van der Waals surface area contributed by atoms with Gasteiger partial charge in [0.15, 0.2) is 0 Å². The number of hydrogen-bond donors (Lipinski definition) is 3. The van der Waals surface area contributed by atoms with Gasteiger partial charge < -0.3 is 15.5 Å². The Kier molecular flexibility index (Phi) is 4.57. The first-order chi connectivity index (χ1) is 10.5. The Bertz CT molecular complexity index is 715. The van der Waals surface area contributed by atoms with Crippen LogP contribution in [0, 0.1) is 10.1 Å². The molecule has 0 saturated heterocycles. The number of aromatic hydroxyl groups is 1. The van der Waals surface area contributed by atoms with E-state index in [2.05, 4.69) is 5.32 Å². The highest BCUT2D eigenvalue weighted by Gasteiger charge is 2.10. The van der Waals surface area contributed by atoms with Crippen LogP contribution in [0.3, 0.4) is 0 Å². The van der Waals surface area contributed by atoms with Crippen LogP contribution in [0.2, 0.25) is 0 Å². The van der Waals surface area contributed by atoms with Crippen molar-refractivity contribution in [1.82, 2.24) is 0 Å². The van der Waals surface area contributed by atoms with Crippen molar-refractivity contribution < 1.29 is 19.9 Å². The van der Waals surface area contributed by atoms with Gasteiger partial charge in [0.25, 0.3) is 5.69 Å². The number of carbonyl (C=O) groups is 1. The molecule has 0 aromatic heterocycles. The van der Waals surface area contributed by atoms with Gasteiger partial charge in [-0.3, -0.25) is 14.9 Å². The van der Waals surface area contributed by atoms with Crippen molar-refractivity contribution in [2.45, 2.75) is 13.0 Å². The molecular weight excluding hydrogens is 288 g/mol. The average Bonchev–Trinajstić information content (AvgIpc) is 2.46. The molecule has 0 bridgehead atoms. The number of non-ortho nitro benzene ring substituents is 1. The normalized spacial score (nSPS) is 10.2. The largest absolute Gasteiger partial charge is 0.508 e. The Balaban J connectivity index is 2.11. The Morgan fingerprint density at radius 3 is 2.68 bits per heavy atom. The summed E-state index contributed by atoms with van der Waals surface area (Å²) < 4.78 is 0. The quantitative estimate of drug-likeness (QED) is 0.558. The van der Waals surface area contributed by atoms with Crippen LogP contribution in [-0.4, -0.2) is 21.1 Å². The van der Waals surface area contributed by atoms with E-state index in [9.17, 15) is 20.0 Å². The van der Waals surface area contributed by atoms with E-state index in [1.54, 1.807) is 24.3 Å². The molecule has 7 nitrogen and oxygen atoms in total. The van der Waals surface area contributed by atoms with Gasteiger partial charge in [-0.25, -0.2) is 0 Å². The zero-order valence-electron chi connectivity index (χ0n) is 11.5. The van der Waals surface area contributed by atoms with Crippen LogP contribution in [0.25, 0.3) is 0 Å². The van der Waals surface area contributed by atoms with Crippen molar-refractivity contribution in [1.29, 1.82) is 0 Å². The second-order valence-corrected chi connectivity index (χ2v) is 4.69. The number of phenolic OH excluding ortho intramolecular Hbond substituents is 1. The number of nitrogens with one attached hydrogen (secondary N) is 1. The van der Waals surface area contributed by atoms with E-state index in [1.165, 1.54) is 18.2 Å². The zero-order chi connectivity index (χ0) is 16.1.